The third-order valence-electron chi connectivity index (χ3n) is 4.80. The first-order chi connectivity index (χ1) is 10.7. The Bertz CT molecular complexity index is 766. The van der Waals surface area contributed by atoms with Gasteiger partial charge >= 0.3 is 13.1 Å². The molecule has 2 aromatic rings. The quantitative estimate of drug-likeness (QED) is 0.876. The summed E-state index contributed by atoms with van der Waals surface area (Å²) in [6.45, 7) is 9.92. The Morgan fingerprint density at radius 3 is 2.39 bits per heavy atom. The molecule has 0 radical (unpaired) electrons. The number of aromatic nitrogens is 2. The van der Waals surface area contributed by atoms with Gasteiger partial charge in [-0.2, -0.15) is 0 Å². The Morgan fingerprint density at radius 2 is 1.87 bits per heavy atom. The van der Waals surface area contributed by atoms with Crippen LogP contribution >= 0.6 is 0 Å². The number of imidazole rings is 1. The number of hydrogen-bond donors (Lipinski definition) is 1. The third kappa shape index (κ3) is 2.44. The number of rotatable bonds is 3. The molecule has 3 rings (SSSR count). The van der Waals surface area contributed by atoms with E-state index in [1.807, 2.05) is 51.3 Å². The zero-order valence-electron chi connectivity index (χ0n) is 14.1. The molecule has 0 aliphatic carbocycles. The van der Waals surface area contributed by atoms with Gasteiger partial charge in [-0.3, -0.25) is 0 Å². The molecule has 1 aliphatic rings. The van der Waals surface area contributed by atoms with Gasteiger partial charge in [0.25, 0.3) is 0 Å². The first-order valence-corrected chi connectivity index (χ1v) is 7.76. The van der Waals surface area contributed by atoms with Gasteiger partial charge in [-0.25, -0.2) is 9.78 Å². The Hall–Kier alpha value is -1.86. The molecule has 0 amide bonds. The minimum absolute atomic E-state index is 0.0959. The van der Waals surface area contributed by atoms with E-state index in [0.29, 0.717) is 17.8 Å². The van der Waals surface area contributed by atoms with Gasteiger partial charge in [0.05, 0.1) is 16.9 Å². The van der Waals surface area contributed by atoms with Crippen LogP contribution in [0.15, 0.2) is 18.3 Å². The van der Waals surface area contributed by atoms with E-state index in [9.17, 15) is 9.90 Å². The molecule has 1 N–H and O–H groups in total. The van der Waals surface area contributed by atoms with Crippen molar-refractivity contribution in [1.29, 1.82) is 0 Å². The molecule has 122 valence electrons. The minimum atomic E-state index is -1.01. The van der Waals surface area contributed by atoms with Crippen LogP contribution < -0.4 is 5.46 Å². The lowest BCUT2D eigenvalue weighted by atomic mass is 9.80. The van der Waals surface area contributed by atoms with Crippen LogP contribution in [0.2, 0.25) is 0 Å². The summed E-state index contributed by atoms with van der Waals surface area (Å²) in [5.74, 6) is -1.01. The standard InChI is InChI=1S/C16H21BN2O4/c1-6-11-13(14(20)21)18-12-8-7-10(9-19(11)12)17-22-15(2,3)16(4,5)23-17/h7-9H,6H2,1-5H3,(H,20,21). The lowest BCUT2D eigenvalue weighted by Gasteiger charge is -2.32. The van der Waals surface area contributed by atoms with E-state index in [0.717, 1.165) is 5.46 Å². The zero-order valence-corrected chi connectivity index (χ0v) is 14.1. The molecule has 0 unspecified atom stereocenters. The summed E-state index contributed by atoms with van der Waals surface area (Å²) in [6, 6.07) is 3.67. The summed E-state index contributed by atoms with van der Waals surface area (Å²) >= 11 is 0. The number of carbonyl (C=O) groups is 1. The monoisotopic (exact) mass is 316 g/mol. The van der Waals surface area contributed by atoms with Gasteiger partial charge in [0.15, 0.2) is 5.69 Å². The van der Waals surface area contributed by atoms with Crippen LogP contribution in [0, 0.1) is 0 Å². The number of pyridine rings is 1. The molecule has 0 spiro atoms. The molecule has 0 aromatic carbocycles. The van der Waals surface area contributed by atoms with Gasteiger partial charge in [0.1, 0.15) is 5.65 Å². The number of nitrogens with zero attached hydrogens (tertiary/aromatic N) is 2. The van der Waals surface area contributed by atoms with Crippen LogP contribution in [0.5, 0.6) is 0 Å². The summed E-state index contributed by atoms with van der Waals surface area (Å²) in [7, 11) is -0.482. The molecule has 7 heteroatoms. The van der Waals surface area contributed by atoms with Crippen LogP contribution in [0.25, 0.3) is 5.65 Å². The molecule has 6 nitrogen and oxygen atoms in total. The highest BCUT2D eigenvalue weighted by Crippen LogP contribution is 2.36. The van der Waals surface area contributed by atoms with Crippen LogP contribution in [0.3, 0.4) is 0 Å². The van der Waals surface area contributed by atoms with Crippen LogP contribution in [-0.2, 0) is 15.7 Å². The van der Waals surface area contributed by atoms with Crippen molar-refractivity contribution in [2.24, 2.45) is 0 Å². The van der Waals surface area contributed by atoms with E-state index >= 15 is 0 Å². The second-order valence-corrected chi connectivity index (χ2v) is 6.84. The number of carboxylic acids is 1. The van der Waals surface area contributed by atoms with E-state index in [1.54, 1.807) is 6.07 Å². The van der Waals surface area contributed by atoms with Gasteiger partial charge < -0.3 is 18.8 Å². The second kappa shape index (κ2) is 5.07. The summed E-state index contributed by atoms with van der Waals surface area (Å²) in [5.41, 5.74) is 1.40. The van der Waals surface area contributed by atoms with Crippen molar-refractivity contribution in [1.82, 2.24) is 9.38 Å². The normalized spacial score (nSPS) is 19.4. The summed E-state index contributed by atoms with van der Waals surface area (Å²) in [4.78, 5) is 15.5. The first kappa shape index (κ1) is 16.0. The van der Waals surface area contributed by atoms with E-state index in [-0.39, 0.29) is 5.69 Å². The van der Waals surface area contributed by atoms with E-state index < -0.39 is 24.3 Å². The molecule has 0 atom stereocenters. The van der Waals surface area contributed by atoms with Crippen LogP contribution in [0.1, 0.15) is 50.8 Å². The fourth-order valence-electron chi connectivity index (χ4n) is 2.74. The molecule has 1 saturated heterocycles. The second-order valence-electron chi connectivity index (χ2n) is 6.84. The average Bonchev–Trinajstić information content (AvgIpc) is 2.92. The first-order valence-electron chi connectivity index (χ1n) is 7.76. The van der Waals surface area contributed by atoms with Crippen molar-refractivity contribution >= 4 is 24.2 Å². The molecular weight excluding hydrogens is 295 g/mol. The Labute approximate surface area is 135 Å². The molecular formula is C16H21BN2O4. The van der Waals surface area contributed by atoms with E-state index in [4.69, 9.17) is 9.31 Å². The van der Waals surface area contributed by atoms with Gasteiger partial charge in [0.2, 0.25) is 0 Å². The van der Waals surface area contributed by atoms with E-state index in [2.05, 4.69) is 4.98 Å². The Balaban J connectivity index is 2.06. The molecule has 23 heavy (non-hydrogen) atoms. The van der Waals surface area contributed by atoms with E-state index in [1.165, 1.54) is 0 Å². The highest BCUT2D eigenvalue weighted by molar-refractivity contribution is 6.62. The largest absolute Gasteiger partial charge is 0.496 e. The predicted molar refractivity (Wildman–Crippen MR) is 87.2 cm³/mol. The number of fused-ring (bicyclic) bond motifs is 1. The lowest BCUT2D eigenvalue weighted by Crippen LogP contribution is -2.41. The molecule has 2 aromatic heterocycles. The van der Waals surface area contributed by atoms with Gasteiger partial charge in [0, 0.05) is 6.20 Å². The van der Waals surface area contributed by atoms with Crippen molar-refractivity contribution in [3.8, 4) is 0 Å². The number of aryl methyl sites for hydroxylation is 1. The van der Waals surface area contributed by atoms with Gasteiger partial charge in [-0.1, -0.05) is 13.0 Å². The van der Waals surface area contributed by atoms with Crippen LogP contribution in [-0.4, -0.2) is 38.8 Å². The van der Waals surface area contributed by atoms with Crippen molar-refractivity contribution < 1.29 is 19.2 Å². The number of hydrogen-bond acceptors (Lipinski definition) is 4. The zero-order chi connectivity index (χ0) is 17.0. The maximum atomic E-state index is 11.3. The van der Waals surface area contributed by atoms with Crippen LogP contribution in [0.4, 0.5) is 0 Å². The fraction of sp³-hybridized carbons (Fsp3) is 0.500. The third-order valence-corrected chi connectivity index (χ3v) is 4.80. The summed E-state index contributed by atoms with van der Waals surface area (Å²) in [6.07, 6.45) is 2.44. The van der Waals surface area contributed by atoms with Crippen molar-refractivity contribution in [3.63, 3.8) is 0 Å². The van der Waals surface area contributed by atoms with Crippen molar-refractivity contribution in [2.45, 2.75) is 52.2 Å². The molecule has 1 aliphatic heterocycles. The highest BCUT2D eigenvalue weighted by Gasteiger charge is 2.51. The Kier molecular flexibility index (Phi) is 3.53. The summed E-state index contributed by atoms with van der Waals surface area (Å²) in [5, 5.41) is 9.29. The predicted octanol–water partition coefficient (Wildman–Crippen LogP) is 1.89. The molecule has 3 heterocycles. The van der Waals surface area contributed by atoms with Gasteiger partial charge in [-0.15, -0.1) is 0 Å². The summed E-state index contributed by atoms with van der Waals surface area (Å²) < 4.78 is 13.9. The molecule has 1 fully saturated rings. The van der Waals surface area contributed by atoms with Gasteiger partial charge in [-0.05, 0) is 45.6 Å². The number of aromatic carboxylic acids is 1. The number of carboxylic acid groups (broad SMARTS) is 1. The highest BCUT2D eigenvalue weighted by atomic mass is 16.7. The Morgan fingerprint density at radius 1 is 1.26 bits per heavy atom. The minimum Gasteiger partial charge on any atom is -0.476 e. The maximum Gasteiger partial charge on any atom is 0.496 e. The van der Waals surface area contributed by atoms with Crippen molar-refractivity contribution in [2.75, 3.05) is 0 Å². The smallest absolute Gasteiger partial charge is 0.476 e. The van der Waals surface area contributed by atoms with Crippen molar-refractivity contribution in [3.05, 3.63) is 29.7 Å². The maximum absolute atomic E-state index is 11.3. The molecule has 0 saturated carbocycles. The topological polar surface area (TPSA) is 73.1 Å². The fourth-order valence-corrected chi connectivity index (χ4v) is 2.74. The lowest BCUT2D eigenvalue weighted by molar-refractivity contribution is 0.00578. The SMILES string of the molecule is CCc1c(C(=O)O)nc2ccc(B3OC(C)(C)C(C)(C)O3)cn12. The average molecular weight is 316 g/mol. The molecule has 0 bridgehead atoms.